The smallest absolute Gasteiger partial charge is 0.548 e. The summed E-state index contributed by atoms with van der Waals surface area (Å²) >= 11 is 0. The molecular formula is C32H38MgN8O8. The van der Waals surface area contributed by atoms with Crippen molar-refractivity contribution in [1.82, 2.24) is 20.6 Å². The number of primary amides is 2. The van der Waals surface area contributed by atoms with Gasteiger partial charge in [-0.3, -0.25) is 19.2 Å². The molecule has 0 unspecified atom stereocenters. The number of carboxylic acid groups (broad SMARTS) is 2. The number of hydrogen-bond donors (Lipinski definition) is 8. The standard InChI is InChI=1S/2C16H20N4O4.Mg/c2*17-11(15(18)22)5-6-14(21)20-13(16(23)24)7-9-8-19-12-4-2-1-3-10(9)12;/h2*1-4,8,11,13,19H,5-7,17H2,(H2,18,22)(H,20,21)(H,23,24);/q;;+2/p-2/t2*11-,13+;/m11./s1/i/hD2. The number of nitrogens with one attached hydrogen (secondary N) is 4. The number of aromatic amines is 2. The molecule has 16 nitrogen and oxygen atoms in total. The van der Waals surface area contributed by atoms with Crippen LogP contribution in [0.5, 0.6) is 0 Å². The normalized spacial score (nSPS) is 13.6. The SMILES string of the molecule is [2H]N[C@H](CCC(=O)N[C@@H](Cc1c[nH]c2ccccc12)C(=O)[O-])C(N)=O.[2H]N[C@H](CCC(=O)N[C@@H](Cc1c[nH]c2ccccc12)C(=O)[O-])C(N)=O.[Mg+2]. The van der Waals surface area contributed by atoms with Crippen molar-refractivity contribution in [1.29, 1.82) is 0 Å². The molecule has 2 aromatic carbocycles. The molecule has 12 N–H and O–H groups in total. The average molecular weight is 689 g/mol. The zero-order chi connectivity index (χ0) is 36.8. The number of carbonyl (C=O) groups is 6. The van der Waals surface area contributed by atoms with E-state index in [1.54, 1.807) is 12.4 Å². The Morgan fingerprint density at radius 1 is 0.673 bits per heavy atom. The van der Waals surface area contributed by atoms with Gasteiger partial charge in [0.15, 0.2) is 0 Å². The molecule has 0 saturated heterocycles. The molecule has 0 aliphatic rings. The molecule has 4 amide bonds. The van der Waals surface area contributed by atoms with E-state index >= 15 is 0 Å². The van der Waals surface area contributed by atoms with Crippen LogP contribution in [0.3, 0.4) is 0 Å². The second-order valence-corrected chi connectivity index (χ2v) is 11.0. The summed E-state index contributed by atoms with van der Waals surface area (Å²) in [6.45, 7) is 0. The van der Waals surface area contributed by atoms with Crippen LogP contribution in [0.25, 0.3) is 21.8 Å². The van der Waals surface area contributed by atoms with Crippen LogP contribution >= 0.6 is 0 Å². The van der Waals surface area contributed by atoms with Crippen LogP contribution in [0.4, 0.5) is 0 Å². The largest absolute Gasteiger partial charge is 2.00 e. The third-order valence-electron chi connectivity index (χ3n) is 7.44. The van der Waals surface area contributed by atoms with Crippen molar-refractivity contribution in [2.75, 3.05) is 0 Å². The van der Waals surface area contributed by atoms with Crippen LogP contribution in [-0.2, 0) is 41.6 Å². The summed E-state index contributed by atoms with van der Waals surface area (Å²) in [6.07, 6.45) is 3.23. The number of fused-ring (bicyclic) bond motifs is 2. The zero-order valence-electron chi connectivity index (χ0n) is 28.5. The van der Waals surface area contributed by atoms with E-state index in [2.05, 4.69) is 20.6 Å². The second kappa shape index (κ2) is 19.1. The molecular weight excluding hydrogens is 649 g/mol. The Balaban J connectivity index is 0.000000347. The van der Waals surface area contributed by atoms with Crippen molar-refractivity contribution in [3.63, 3.8) is 0 Å². The van der Waals surface area contributed by atoms with Crippen LogP contribution < -0.4 is 43.8 Å². The first kappa shape index (κ1) is 36.9. The summed E-state index contributed by atoms with van der Waals surface area (Å²) in [5, 5.41) is 29.2. The van der Waals surface area contributed by atoms with Gasteiger partial charge in [0, 0.05) is 59.9 Å². The molecule has 256 valence electrons. The number of para-hydroxylation sites is 2. The Morgan fingerprint density at radius 3 is 1.37 bits per heavy atom. The van der Waals surface area contributed by atoms with E-state index in [4.69, 9.17) is 14.3 Å². The molecule has 4 aromatic rings. The monoisotopic (exact) mass is 688 g/mol. The zero-order valence-corrected chi connectivity index (χ0v) is 27.9. The number of rotatable bonds is 18. The van der Waals surface area contributed by atoms with Crippen LogP contribution in [-0.4, -0.2) is 92.8 Å². The van der Waals surface area contributed by atoms with Crippen LogP contribution in [0, 0.1) is 0 Å². The molecule has 0 radical (unpaired) electrons. The number of carboxylic acids is 2. The van der Waals surface area contributed by atoms with Gasteiger partial charge in [-0.15, -0.1) is 0 Å². The molecule has 0 aliphatic heterocycles. The van der Waals surface area contributed by atoms with Gasteiger partial charge in [-0.05, 0) is 36.1 Å². The van der Waals surface area contributed by atoms with Gasteiger partial charge in [0.2, 0.25) is 23.6 Å². The topological polar surface area (TPSA) is 308 Å². The maximum atomic E-state index is 11.9. The average Bonchev–Trinajstić information content (AvgIpc) is 3.68. The molecule has 2 aromatic heterocycles. The predicted molar refractivity (Wildman–Crippen MR) is 176 cm³/mol. The first-order valence-corrected chi connectivity index (χ1v) is 14.9. The molecule has 0 aliphatic carbocycles. The number of nitrogens with two attached hydrogens (primary N) is 4. The van der Waals surface area contributed by atoms with E-state index in [1.807, 2.05) is 60.0 Å². The summed E-state index contributed by atoms with van der Waals surface area (Å²) in [5.74, 6) is -5.42. The summed E-state index contributed by atoms with van der Waals surface area (Å²) in [4.78, 5) is 74.7. The number of carbonyl (C=O) groups excluding carboxylic acids is 6. The Kier molecular flexibility index (Phi) is 14.4. The Bertz CT molecular complexity index is 1690. The van der Waals surface area contributed by atoms with Crippen molar-refractivity contribution in [2.45, 2.75) is 62.7 Å². The van der Waals surface area contributed by atoms with Gasteiger partial charge in [-0.2, -0.15) is 0 Å². The molecule has 49 heavy (non-hydrogen) atoms. The maximum Gasteiger partial charge on any atom is 2.00 e. The van der Waals surface area contributed by atoms with Gasteiger partial charge in [0.1, 0.15) is 2.82 Å². The molecule has 4 atom stereocenters. The third kappa shape index (κ3) is 12.2. The van der Waals surface area contributed by atoms with E-state index < -0.39 is 59.7 Å². The number of amides is 4. The van der Waals surface area contributed by atoms with E-state index in [-0.39, 0.29) is 61.6 Å². The third-order valence-corrected chi connectivity index (χ3v) is 7.44. The van der Waals surface area contributed by atoms with Gasteiger partial charge in [-0.25, -0.2) is 0 Å². The molecule has 0 saturated carbocycles. The van der Waals surface area contributed by atoms with Crippen LogP contribution in [0.15, 0.2) is 60.9 Å². The van der Waals surface area contributed by atoms with Crippen LogP contribution in [0.2, 0.25) is 2.82 Å². The van der Waals surface area contributed by atoms with Crippen molar-refractivity contribution < 1.29 is 41.8 Å². The maximum absolute atomic E-state index is 11.9. The molecule has 2 heterocycles. The molecule has 17 heteroatoms. The Morgan fingerprint density at radius 2 is 1.04 bits per heavy atom. The van der Waals surface area contributed by atoms with E-state index in [0.717, 1.165) is 32.9 Å². The van der Waals surface area contributed by atoms with Crippen molar-refractivity contribution in [2.24, 2.45) is 22.9 Å². The van der Waals surface area contributed by atoms with Crippen LogP contribution in [0.1, 0.15) is 36.8 Å². The number of benzene rings is 2. The minimum atomic E-state index is -1.40. The van der Waals surface area contributed by atoms with Gasteiger partial charge in [0.25, 0.3) is 0 Å². The summed E-state index contributed by atoms with van der Waals surface area (Å²) < 4.78 is 13.9. The second-order valence-electron chi connectivity index (χ2n) is 11.0. The minimum absolute atomic E-state index is 0. The number of hydrogen-bond acceptors (Lipinski definition) is 10. The minimum Gasteiger partial charge on any atom is -0.548 e. The number of H-pyrrole nitrogens is 2. The van der Waals surface area contributed by atoms with Gasteiger partial charge in [-0.1, -0.05) is 36.4 Å². The van der Waals surface area contributed by atoms with E-state index in [0.29, 0.717) is 0 Å². The van der Waals surface area contributed by atoms with Gasteiger partial charge < -0.3 is 63.3 Å². The Labute approximate surface area is 299 Å². The summed E-state index contributed by atoms with van der Waals surface area (Å²) in [5.41, 5.74) is 17.3. The van der Waals surface area contributed by atoms with Crippen molar-refractivity contribution in [3.8, 4) is 0 Å². The van der Waals surface area contributed by atoms with Crippen molar-refractivity contribution >= 4 is 80.4 Å². The fourth-order valence-electron chi connectivity index (χ4n) is 4.80. The quantitative estimate of drug-likeness (QED) is 0.0481. The van der Waals surface area contributed by atoms with E-state index in [1.165, 1.54) is 0 Å². The fourth-order valence-corrected chi connectivity index (χ4v) is 4.80. The first-order chi connectivity index (χ1) is 23.8. The molecule has 0 fully saturated rings. The number of aromatic nitrogens is 2. The molecule has 4 rings (SSSR count). The van der Waals surface area contributed by atoms with Crippen molar-refractivity contribution in [3.05, 3.63) is 72.1 Å². The molecule has 0 spiro atoms. The summed E-state index contributed by atoms with van der Waals surface area (Å²) in [6, 6.07) is 10.5. The number of aliphatic carboxylic acids is 2. The summed E-state index contributed by atoms with van der Waals surface area (Å²) in [7, 11) is 0. The Hall–Kier alpha value is -4.97. The molecule has 0 bridgehead atoms. The first-order valence-electron chi connectivity index (χ1n) is 15.9. The van der Waals surface area contributed by atoms with Gasteiger partial charge >= 0.3 is 23.1 Å². The fraction of sp³-hybridized carbons (Fsp3) is 0.312. The van der Waals surface area contributed by atoms with Gasteiger partial charge in [0.05, 0.1) is 36.1 Å². The van der Waals surface area contributed by atoms with E-state index in [9.17, 15) is 39.0 Å². The predicted octanol–water partition coefficient (Wildman–Crippen LogP) is -3.30.